The van der Waals surface area contributed by atoms with Crippen molar-refractivity contribution in [1.82, 2.24) is 4.98 Å². The van der Waals surface area contributed by atoms with Gasteiger partial charge in [-0.15, -0.1) is 11.3 Å². The first-order valence-corrected chi connectivity index (χ1v) is 9.10. The van der Waals surface area contributed by atoms with Gasteiger partial charge in [-0.05, 0) is 42.0 Å². The Morgan fingerprint density at radius 2 is 1.97 bits per heavy atom. The molecule has 9 heteroatoms. The van der Waals surface area contributed by atoms with Crippen molar-refractivity contribution >= 4 is 28.7 Å². The third-order valence-electron chi connectivity index (χ3n) is 4.03. The lowest BCUT2D eigenvalue weighted by molar-refractivity contribution is -0.398. The van der Waals surface area contributed by atoms with Gasteiger partial charge in [-0.1, -0.05) is 0 Å². The average Bonchev–Trinajstić information content (AvgIpc) is 3.22. The molecule has 0 amide bonds. The lowest BCUT2D eigenvalue weighted by Gasteiger charge is -2.13. The number of thiazole rings is 1. The lowest BCUT2D eigenvalue weighted by Crippen LogP contribution is -2.01. The van der Waals surface area contributed by atoms with Crippen LogP contribution in [0.25, 0.3) is 22.9 Å². The molecule has 29 heavy (non-hydrogen) atoms. The van der Waals surface area contributed by atoms with E-state index < -0.39 is 16.4 Å². The summed E-state index contributed by atoms with van der Waals surface area (Å²) in [5.41, 5.74) is 1.44. The maximum atomic E-state index is 12.0. The van der Waals surface area contributed by atoms with E-state index in [4.69, 9.17) is 9.47 Å². The van der Waals surface area contributed by atoms with Crippen molar-refractivity contribution < 1.29 is 19.5 Å². The molecule has 0 radical (unpaired) electrons. The molecule has 1 heterocycles. The van der Waals surface area contributed by atoms with E-state index in [2.05, 4.69) is 11.1 Å². The maximum Gasteiger partial charge on any atom is 0.266 e. The molecular formula is C20H14N3O5S-. The van der Waals surface area contributed by atoms with E-state index in [0.717, 1.165) is 17.4 Å². The minimum Gasteiger partial charge on any atom is -0.865 e. The zero-order valence-electron chi connectivity index (χ0n) is 15.4. The van der Waals surface area contributed by atoms with Crippen LogP contribution in [-0.2, 0) is 0 Å². The Bertz CT molecular complexity index is 1130. The van der Waals surface area contributed by atoms with Crippen LogP contribution in [0.3, 0.4) is 0 Å². The van der Waals surface area contributed by atoms with Crippen LogP contribution in [-0.4, -0.2) is 24.1 Å². The highest BCUT2D eigenvalue weighted by atomic mass is 32.1. The number of hydrogen-bond donors (Lipinski definition) is 0. The number of nitrogens with zero attached hydrogens (tertiary/aromatic N) is 3. The average molecular weight is 408 g/mol. The summed E-state index contributed by atoms with van der Waals surface area (Å²) in [6.07, 6.45) is 1.44. The van der Waals surface area contributed by atoms with Gasteiger partial charge in [0.05, 0.1) is 30.4 Å². The molecule has 0 unspecified atom stereocenters. The van der Waals surface area contributed by atoms with Crippen LogP contribution in [0.4, 0.5) is 5.69 Å². The third-order valence-corrected chi connectivity index (χ3v) is 4.90. The molecule has 1 aromatic heterocycles. The van der Waals surface area contributed by atoms with E-state index in [0.29, 0.717) is 16.3 Å². The molecular weight excluding hydrogens is 394 g/mol. The minimum atomic E-state index is -0.816. The molecule has 3 rings (SSSR count). The van der Waals surface area contributed by atoms with Crippen LogP contribution in [0.5, 0.6) is 17.2 Å². The van der Waals surface area contributed by atoms with Gasteiger partial charge in [0.1, 0.15) is 22.6 Å². The van der Waals surface area contributed by atoms with E-state index >= 15 is 0 Å². The van der Waals surface area contributed by atoms with Gasteiger partial charge in [-0.3, -0.25) is 10.1 Å². The van der Waals surface area contributed by atoms with Gasteiger partial charge in [-0.2, -0.15) is 5.26 Å². The molecule has 8 nitrogen and oxygen atoms in total. The molecule has 2 aromatic carbocycles. The number of methoxy groups -OCH3 is 2. The van der Waals surface area contributed by atoms with Crippen LogP contribution >= 0.6 is 11.3 Å². The van der Waals surface area contributed by atoms with Crippen LogP contribution in [0.15, 0.2) is 41.8 Å². The Morgan fingerprint density at radius 1 is 1.24 bits per heavy atom. The molecule has 0 spiro atoms. The molecule has 0 saturated heterocycles. The van der Waals surface area contributed by atoms with E-state index in [1.165, 1.54) is 30.6 Å². The first-order chi connectivity index (χ1) is 14.0. The van der Waals surface area contributed by atoms with Crippen LogP contribution in [0.2, 0.25) is 0 Å². The Balaban J connectivity index is 1.99. The molecule has 0 aliphatic heterocycles. The molecule has 0 N–H and O–H groups in total. The van der Waals surface area contributed by atoms with Crippen LogP contribution in [0.1, 0.15) is 10.6 Å². The Kier molecular flexibility index (Phi) is 5.76. The second-order valence-corrected chi connectivity index (χ2v) is 6.62. The van der Waals surface area contributed by atoms with Crippen molar-refractivity contribution in [2.75, 3.05) is 14.2 Å². The van der Waals surface area contributed by atoms with Gasteiger partial charge in [0.2, 0.25) is 0 Å². The summed E-state index contributed by atoms with van der Waals surface area (Å²) in [5, 5.41) is 34.9. The summed E-state index contributed by atoms with van der Waals surface area (Å²) >= 11 is 1.27. The van der Waals surface area contributed by atoms with Crippen LogP contribution < -0.4 is 14.6 Å². The molecule has 0 saturated carbocycles. The van der Waals surface area contributed by atoms with Crippen molar-refractivity contribution in [3.8, 4) is 34.6 Å². The molecule has 0 atom stereocenters. The fourth-order valence-corrected chi connectivity index (χ4v) is 3.37. The SMILES string of the molecule is COc1ccc(-c2csc(/C(C#N)=C/c3cc(OC)c([O-])c([N+](=O)[O-])c3)n2)cc1. The Labute approximate surface area is 170 Å². The number of benzene rings is 2. The van der Waals surface area contributed by atoms with Crippen LogP contribution in [0, 0.1) is 21.4 Å². The van der Waals surface area contributed by atoms with Crippen molar-refractivity contribution in [3.05, 3.63) is 62.5 Å². The van der Waals surface area contributed by atoms with Gasteiger partial charge in [0, 0.05) is 22.8 Å². The largest absolute Gasteiger partial charge is 0.865 e. The fraction of sp³-hybridized carbons (Fsp3) is 0.100. The number of hydrogen-bond acceptors (Lipinski definition) is 8. The van der Waals surface area contributed by atoms with Gasteiger partial charge in [-0.25, -0.2) is 4.98 Å². The minimum absolute atomic E-state index is 0.166. The maximum absolute atomic E-state index is 12.0. The number of ether oxygens (including phenoxy) is 2. The summed E-state index contributed by atoms with van der Waals surface area (Å²) in [6, 6.07) is 11.8. The fourth-order valence-electron chi connectivity index (χ4n) is 2.58. The Morgan fingerprint density at radius 3 is 2.55 bits per heavy atom. The number of allylic oxidation sites excluding steroid dienone is 1. The van der Waals surface area contributed by atoms with E-state index in [1.807, 2.05) is 29.6 Å². The lowest BCUT2D eigenvalue weighted by atomic mass is 10.1. The standard InChI is InChI=1S/C20H15N3O5S/c1-27-15-5-3-13(4-6-15)16-11-29-20(22-16)14(10-21)7-12-8-17(23(25)26)19(24)18(9-12)28-2/h3-9,11,24H,1-2H3/p-1/b14-7+. The number of nitro benzene ring substituents is 1. The monoisotopic (exact) mass is 408 g/mol. The van der Waals surface area contributed by atoms with Crippen molar-refractivity contribution in [2.24, 2.45) is 0 Å². The van der Waals surface area contributed by atoms with E-state index in [1.54, 1.807) is 7.11 Å². The van der Waals surface area contributed by atoms with Gasteiger partial charge in [0.25, 0.3) is 5.69 Å². The normalized spacial score (nSPS) is 11.0. The highest BCUT2D eigenvalue weighted by molar-refractivity contribution is 7.11. The predicted molar refractivity (Wildman–Crippen MR) is 107 cm³/mol. The highest BCUT2D eigenvalue weighted by Gasteiger charge is 2.15. The van der Waals surface area contributed by atoms with E-state index in [9.17, 15) is 20.5 Å². The molecule has 0 aliphatic carbocycles. The summed E-state index contributed by atoms with van der Waals surface area (Å²) < 4.78 is 10.1. The Hall–Kier alpha value is -3.90. The topological polar surface area (TPSA) is 121 Å². The number of aromatic nitrogens is 1. The zero-order valence-corrected chi connectivity index (χ0v) is 16.2. The second kappa shape index (κ2) is 8.41. The smallest absolute Gasteiger partial charge is 0.266 e. The molecule has 146 valence electrons. The van der Waals surface area contributed by atoms with E-state index in [-0.39, 0.29) is 11.3 Å². The van der Waals surface area contributed by atoms with Crippen molar-refractivity contribution in [1.29, 1.82) is 5.26 Å². The molecule has 3 aromatic rings. The quantitative estimate of drug-likeness (QED) is 0.345. The first-order valence-electron chi connectivity index (χ1n) is 8.22. The van der Waals surface area contributed by atoms with Gasteiger partial charge >= 0.3 is 0 Å². The van der Waals surface area contributed by atoms with Crippen molar-refractivity contribution in [2.45, 2.75) is 0 Å². The van der Waals surface area contributed by atoms with Gasteiger partial charge < -0.3 is 14.6 Å². The zero-order chi connectivity index (χ0) is 21.0. The number of nitriles is 1. The number of rotatable bonds is 6. The predicted octanol–water partition coefficient (Wildman–Crippen LogP) is 3.87. The summed E-state index contributed by atoms with van der Waals surface area (Å²) in [4.78, 5) is 14.8. The summed E-state index contributed by atoms with van der Waals surface area (Å²) in [7, 11) is 2.83. The second-order valence-electron chi connectivity index (χ2n) is 5.76. The summed E-state index contributed by atoms with van der Waals surface area (Å²) in [5.74, 6) is -0.260. The summed E-state index contributed by atoms with van der Waals surface area (Å²) in [6.45, 7) is 0. The molecule has 0 bridgehead atoms. The third kappa shape index (κ3) is 4.17. The number of nitro groups is 1. The molecule has 0 aliphatic rings. The highest BCUT2D eigenvalue weighted by Crippen LogP contribution is 2.36. The van der Waals surface area contributed by atoms with Crippen molar-refractivity contribution in [3.63, 3.8) is 0 Å². The van der Waals surface area contributed by atoms with Gasteiger partial charge in [0.15, 0.2) is 0 Å². The first kappa shape index (κ1) is 19.9. The molecule has 0 fully saturated rings.